The first kappa shape index (κ1) is 19.4. The summed E-state index contributed by atoms with van der Waals surface area (Å²) >= 11 is 0. The molecule has 0 atom stereocenters. The van der Waals surface area contributed by atoms with Crippen LogP contribution in [0.2, 0.25) is 0 Å². The van der Waals surface area contributed by atoms with E-state index in [0.29, 0.717) is 17.6 Å². The first-order chi connectivity index (χ1) is 16.2. The van der Waals surface area contributed by atoms with E-state index in [9.17, 15) is 0 Å². The zero-order chi connectivity index (χ0) is 22.4. The van der Waals surface area contributed by atoms with Crippen molar-refractivity contribution >= 4 is 21.8 Å². The van der Waals surface area contributed by atoms with Gasteiger partial charge in [-0.2, -0.15) is 9.97 Å². The molecular formula is C29H22N4. The van der Waals surface area contributed by atoms with Crippen molar-refractivity contribution in [1.82, 2.24) is 19.5 Å². The molecule has 0 fully saturated rings. The van der Waals surface area contributed by atoms with E-state index in [1.54, 1.807) is 0 Å². The van der Waals surface area contributed by atoms with Crippen LogP contribution in [-0.4, -0.2) is 19.5 Å². The summed E-state index contributed by atoms with van der Waals surface area (Å²) in [5, 5.41) is 2.37. The van der Waals surface area contributed by atoms with E-state index in [2.05, 4.69) is 115 Å². The van der Waals surface area contributed by atoms with Crippen LogP contribution in [0, 0.1) is 13.8 Å². The number of benzene rings is 4. The van der Waals surface area contributed by atoms with Crippen molar-refractivity contribution in [3.63, 3.8) is 0 Å². The second-order valence-corrected chi connectivity index (χ2v) is 8.38. The summed E-state index contributed by atoms with van der Waals surface area (Å²) in [7, 11) is 0. The first-order valence-electron chi connectivity index (χ1n) is 11.1. The van der Waals surface area contributed by atoms with Crippen molar-refractivity contribution in [3.8, 4) is 28.7 Å². The lowest BCUT2D eigenvalue weighted by Crippen LogP contribution is -2.06. The van der Waals surface area contributed by atoms with Crippen LogP contribution in [0.3, 0.4) is 0 Å². The standard InChI is InChI=1S/C29H22N4/c1-19-11-15-21(16-12-19)27-30-28(22-17-13-20(2)14-18-22)32-29(31-27)33-25-9-5-3-7-23(25)24-8-4-6-10-26(24)33/h3-18H,1-2H3. The SMILES string of the molecule is Cc1ccc(-c2nc(-c3ccc(C)cc3)nc(-n3c4ccccc4c4ccccc43)n2)cc1. The molecular weight excluding hydrogens is 404 g/mol. The molecule has 158 valence electrons. The third-order valence-electron chi connectivity index (χ3n) is 6.02. The number of nitrogens with zero attached hydrogens (tertiary/aromatic N) is 4. The number of fused-ring (bicyclic) bond motifs is 3. The van der Waals surface area contributed by atoms with Gasteiger partial charge in [0.2, 0.25) is 5.95 Å². The van der Waals surface area contributed by atoms with E-state index in [0.717, 1.165) is 22.2 Å². The highest BCUT2D eigenvalue weighted by molar-refractivity contribution is 6.08. The largest absolute Gasteiger partial charge is 0.278 e. The fraction of sp³-hybridized carbons (Fsp3) is 0.0690. The van der Waals surface area contributed by atoms with Crippen molar-refractivity contribution in [2.75, 3.05) is 0 Å². The van der Waals surface area contributed by atoms with Crippen LogP contribution in [0.4, 0.5) is 0 Å². The van der Waals surface area contributed by atoms with Crippen LogP contribution in [0.25, 0.3) is 50.5 Å². The van der Waals surface area contributed by atoms with Gasteiger partial charge in [0.15, 0.2) is 11.6 Å². The molecule has 0 radical (unpaired) electrons. The van der Waals surface area contributed by atoms with Crippen LogP contribution >= 0.6 is 0 Å². The molecule has 0 saturated carbocycles. The van der Waals surface area contributed by atoms with Gasteiger partial charge in [-0.25, -0.2) is 4.98 Å². The van der Waals surface area contributed by atoms with Gasteiger partial charge in [0.1, 0.15) is 0 Å². The molecule has 0 aliphatic rings. The highest BCUT2D eigenvalue weighted by atomic mass is 15.2. The summed E-state index contributed by atoms with van der Waals surface area (Å²) in [5.74, 6) is 1.95. The molecule has 0 spiro atoms. The second kappa shape index (κ2) is 7.68. The Hall–Kier alpha value is -4.31. The Morgan fingerprint density at radius 1 is 0.485 bits per heavy atom. The molecule has 0 aliphatic heterocycles. The van der Waals surface area contributed by atoms with E-state index in [1.807, 2.05) is 0 Å². The Labute approximate surface area is 192 Å². The van der Waals surface area contributed by atoms with E-state index in [1.165, 1.54) is 21.9 Å². The molecule has 6 rings (SSSR count). The second-order valence-electron chi connectivity index (χ2n) is 8.38. The monoisotopic (exact) mass is 426 g/mol. The molecule has 2 aromatic heterocycles. The lowest BCUT2D eigenvalue weighted by molar-refractivity contribution is 0.953. The zero-order valence-electron chi connectivity index (χ0n) is 18.5. The minimum Gasteiger partial charge on any atom is -0.278 e. The minimum atomic E-state index is 0.619. The number of rotatable bonds is 3. The van der Waals surface area contributed by atoms with Gasteiger partial charge in [-0.05, 0) is 26.0 Å². The number of para-hydroxylation sites is 2. The Morgan fingerprint density at radius 3 is 1.36 bits per heavy atom. The third kappa shape index (κ3) is 3.37. The van der Waals surface area contributed by atoms with Gasteiger partial charge in [0.25, 0.3) is 0 Å². The van der Waals surface area contributed by atoms with E-state index >= 15 is 0 Å². The minimum absolute atomic E-state index is 0.619. The van der Waals surface area contributed by atoms with Crippen molar-refractivity contribution in [1.29, 1.82) is 0 Å². The molecule has 4 nitrogen and oxygen atoms in total. The van der Waals surface area contributed by atoms with Crippen LogP contribution in [0.5, 0.6) is 0 Å². The summed E-state index contributed by atoms with van der Waals surface area (Å²) in [6.45, 7) is 4.16. The number of hydrogen-bond acceptors (Lipinski definition) is 3. The predicted octanol–water partition coefficient (Wildman–Crippen LogP) is 6.92. The van der Waals surface area contributed by atoms with Crippen molar-refractivity contribution in [2.45, 2.75) is 13.8 Å². The maximum absolute atomic E-state index is 4.96. The lowest BCUT2D eigenvalue weighted by atomic mass is 10.1. The normalized spacial score (nSPS) is 11.3. The Bertz CT molecular complexity index is 1490. The maximum atomic E-state index is 4.96. The third-order valence-corrected chi connectivity index (χ3v) is 6.02. The summed E-state index contributed by atoms with van der Waals surface area (Å²) in [4.78, 5) is 14.8. The lowest BCUT2D eigenvalue weighted by Gasteiger charge is -2.11. The average Bonchev–Trinajstić information content (AvgIpc) is 3.19. The molecule has 0 saturated heterocycles. The van der Waals surface area contributed by atoms with Gasteiger partial charge in [-0.15, -0.1) is 0 Å². The maximum Gasteiger partial charge on any atom is 0.238 e. The number of aromatic nitrogens is 4. The molecule has 0 amide bonds. The topological polar surface area (TPSA) is 43.6 Å². The summed E-state index contributed by atoms with van der Waals surface area (Å²) in [5.41, 5.74) is 6.50. The average molecular weight is 427 g/mol. The Kier molecular flexibility index (Phi) is 4.51. The van der Waals surface area contributed by atoms with Gasteiger partial charge in [-0.3, -0.25) is 4.57 Å². The van der Waals surface area contributed by atoms with Gasteiger partial charge in [-0.1, -0.05) is 96.1 Å². The van der Waals surface area contributed by atoms with Crippen molar-refractivity contribution < 1.29 is 0 Å². The molecule has 33 heavy (non-hydrogen) atoms. The van der Waals surface area contributed by atoms with Crippen molar-refractivity contribution in [3.05, 3.63) is 108 Å². The van der Waals surface area contributed by atoms with Crippen molar-refractivity contribution in [2.24, 2.45) is 0 Å². The van der Waals surface area contributed by atoms with Crippen LogP contribution in [0.15, 0.2) is 97.1 Å². The van der Waals surface area contributed by atoms with Gasteiger partial charge in [0.05, 0.1) is 11.0 Å². The first-order valence-corrected chi connectivity index (χ1v) is 11.1. The van der Waals surface area contributed by atoms with Gasteiger partial charge >= 0.3 is 0 Å². The summed E-state index contributed by atoms with van der Waals surface area (Å²) in [6.07, 6.45) is 0. The quantitative estimate of drug-likeness (QED) is 0.308. The Balaban J connectivity index is 1.67. The molecule has 0 N–H and O–H groups in total. The van der Waals surface area contributed by atoms with E-state index in [-0.39, 0.29) is 0 Å². The fourth-order valence-corrected chi connectivity index (χ4v) is 4.27. The van der Waals surface area contributed by atoms with Crippen LogP contribution in [0.1, 0.15) is 11.1 Å². The number of aryl methyl sites for hydroxylation is 2. The Morgan fingerprint density at radius 2 is 0.909 bits per heavy atom. The summed E-state index contributed by atoms with van der Waals surface area (Å²) < 4.78 is 2.14. The molecule has 0 aliphatic carbocycles. The fourth-order valence-electron chi connectivity index (χ4n) is 4.27. The highest BCUT2D eigenvalue weighted by Crippen LogP contribution is 2.32. The zero-order valence-corrected chi connectivity index (χ0v) is 18.5. The molecule has 4 aromatic carbocycles. The molecule has 6 aromatic rings. The smallest absolute Gasteiger partial charge is 0.238 e. The predicted molar refractivity (Wildman–Crippen MR) is 135 cm³/mol. The van der Waals surface area contributed by atoms with Crippen LogP contribution < -0.4 is 0 Å². The van der Waals surface area contributed by atoms with Crippen LogP contribution in [-0.2, 0) is 0 Å². The summed E-state index contributed by atoms with van der Waals surface area (Å²) in [6, 6.07) is 33.4. The van der Waals surface area contributed by atoms with E-state index < -0.39 is 0 Å². The highest BCUT2D eigenvalue weighted by Gasteiger charge is 2.17. The molecule has 2 heterocycles. The van der Waals surface area contributed by atoms with E-state index in [4.69, 9.17) is 15.0 Å². The van der Waals surface area contributed by atoms with Gasteiger partial charge in [0, 0.05) is 21.9 Å². The molecule has 4 heteroatoms. The molecule has 0 unspecified atom stereocenters. The van der Waals surface area contributed by atoms with Gasteiger partial charge < -0.3 is 0 Å². The molecule has 0 bridgehead atoms. The number of hydrogen-bond donors (Lipinski definition) is 0.